The third-order valence-electron chi connectivity index (χ3n) is 7.29. The quantitative estimate of drug-likeness (QED) is 0.143. The Morgan fingerprint density at radius 3 is 2.35 bits per heavy atom. The Labute approximate surface area is 252 Å². The predicted octanol–water partition coefficient (Wildman–Crippen LogP) is 0.596. The largest absolute Gasteiger partial charge is 0.370 e. The number of benzene rings is 1. The van der Waals surface area contributed by atoms with E-state index < -0.39 is 47.2 Å². The molecule has 1 heterocycles. The van der Waals surface area contributed by atoms with Gasteiger partial charge in [-0.3, -0.25) is 39.1 Å². The molecule has 1 aliphatic heterocycles. The third-order valence-corrected chi connectivity index (χ3v) is 7.29. The summed E-state index contributed by atoms with van der Waals surface area (Å²) < 4.78 is 0. The number of Topliss-reactive ketones (excluding diaryl/α,β-unsaturated/α-hetero) is 1. The molecule has 0 aromatic heterocycles. The van der Waals surface area contributed by atoms with Crippen molar-refractivity contribution < 1.29 is 28.8 Å². The smallest absolute Gasteiger partial charge is 0.247 e. The number of nitrogens with one attached hydrogen (secondary N) is 5. The van der Waals surface area contributed by atoms with Gasteiger partial charge >= 0.3 is 0 Å². The molecule has 0 radical (unpaired) electrons. The van der Waals surface area contributed by atoms with Crippen molar-refractivity contribution >= 4 is 41.3 Å². The number of carbonyl (C=O) groups excluding carboxylic acids is 6. The second-order valence-electron chi connectivity index (χ2n) is 11.3. The van der Waals surface area contributed by atoms with Crippen LogP contribution in [0.4, 0.5) is 0 Å². The van der Waals surface area contributed by atoms with Crippen molar-refractivity contribution in [2.75, 3.05) is 13.1 Å². The molecule has 1 fully saturated rings. The Balaban J connectivity index is 2.42. The Bertz CT molecular complexity index is 1200. The SMILES string of the molecule is CC[C@@H]1NC(=O)[C@H](CCCN=C(N)NC(C)=O)CC(=O)[C@](C)(NC(=O)C(C)C)CCNC(=O)[C@@H](c2ccccc2)NC1=O. The summed E-state index contributed by atoms with van der Waals surface area (Å²) in [6, 6.07) is 6.69. The van der Waals surface area contributed by atoms with Crippen molar-refractivity contribution in [2.24, 2.45) is 22.6 Å². The first-order valence-electron chi connectivity index (χ1n) is 14.6. The van der Waals surface area contributed by atoms with E-state index in [2.05, 4.69) is 31.6 Å². The van der Waals surface area contributed by atoms with Crippen LogP contribution in [0, 0.1) is 11.8 Å². The lowest BCUT2D eigenvalue weighted by Gasteiger charge is -2.33. The number of ketones is 1. The molecule has 1 aliphatic rings. The molecular weight excluding hydrogens is 554 g/mol. The maximum absolute atomic E-state index is 13.8. The first kappa shape index (κ1) is 34.9. The fourth-order valence-corrected chi connectivity index (χ4v) is 4.59. The first-order valence-corrected chi connectivity index (χ1v) is 14.6. The topological polar surface area (TPSA) is 201 Å². The van der Waals surface area contributed by atoms with Gasteiger partial charge in [-0.2, -0.15) is 0 Å². The van der Waals surface area contributed by atoms with Crippen LogP contribution >= 0.6 is 0 Å². The summed E-state index contributed by atoms with van der Waals surface area (Å²) in [7, 11) is 0. The number of hydrogen-bond donors (Lipinski definition) is 6. The van der Waals surface area contributed by atoms with Crippen molar-refractivity contribution in [2.45, 2.75) is 84.3 Å². The van der Waals surface area contributed by atoms with Crippen molar-refractivity contribution in [1.29, 1.82) is 0 Å². The Morgan fingerprint density at radius 2 is 1.74 bits per heavy atom. The maximum Gasteiger partial charge on any atom is 0.247 e. The van der Waals surface area contributed by atoms with Gasteiger partial charge in [-0.25, -0.2) is 0 Å². The van der Waals surface area contributed by atoms with Crippen LogP contribution < -0.4 is 32.3 Å². The van der Waals surface area contributed by atoms with E-state index in [1.54, 1.807) is 58.0 Å². The molecule has 43 heavy (non-hydrogen) atoms. The molecule has 13 heteroatoms. The fourth-order valence-electron chi connectivity index (χ4n) is 4.59. The van der Waals surface area contributed by atoms with E-state index >= 15 is 0 Å². The van der Waals surface area contributed by atoms with Crippen LogP contribution in [0.1, 0.15) is 78.3 Å². The third kappa shape index (κ3) is 10.8. The maximum atomic E-state index is 13.8. The highest BCUT2D eigenvalue weighted by molar-refractivity contribution is 5.97. The molecule has 13 nitrogen and oxygen atoms in total. The average Bonchev–Trinajstić information content (AvgIpc) is 2.95. The number of carbonyl (C=O) groups is 6. The van der Waals surface area contributed by atoms with Gasteiger partial charge in [0.25, 0.3) is 0 Å². The number of nitrogens with zero attached hydrogens (tertiary/aromatic N) is 1. The molecule has 236 valence electrons. The summed E-state index contributed by atoms with van der Waals surface area (Å²) in [4.78, 5) is 81.9. The highest BCUT2D eigenvalue weighted by atomic mass is 16.2. The van der Waals surface area contributed by atoms with Crippen LogP contribution in [0.25, 0.3) is 0 Å². The van der Waals surface area contributed by atoms with Gasteiger partial charge in [0.05, 0.1) is 5.54 Å². The minimum Gasteiger partial charge on any atom is -0.370 e. The number of hydrogen-bond acceptors (Lipinski definition) is 7. The Kier molecular flexibility index (Phi) is 13.3. The van der Waals surface area contributed by atoms with Crippen LogP contribution in [0.15, 0.2) is 35.3 Å². The van der Waals surface area contributed by atoms with Gasteiger partial charge in [0.15, 0.2) is 11.7 Å². The summed E-state index contributed by atoms with van der Waals surface area (Å²) in [5, 5.41) is 13.5. The van der Waals surface area contributed by atoms with E-state index in [4.69, 9.17) is 5.73 Å². The average molecular weight is 600 g/mol. The Hall–Kier alpha value is -4.29. The van der Waals surface area contributed by atoms with Gasteiger partial charge in [-0.15, -0.1) is 0 Å². The second kappa shape index (κ2) is 16.4. The molecule has 0 bridgehead atoms. The number of aliphatic imine (C=N–C) groups is 1. The van der Waals surface area contributed by atoms with E-state index in [-0.39, 0.29) is 62.3 Å². The summed E-state index contributed by atoms with van der Waals surface area (Å²) in [6.45, 7) is 8.24. The number of rotatable bonds is 8. The zero-order valence-corrected chi connectivity index (χ0v) is 25.6. The molecule has 7 N–H and O–H groups in total. The molecular formula is C30H45N7O6. The summed E-state index contributed by atoms with van der Waals surface area (Å²) >= 11 is 0. The molecule has 1 aromatic rings. The van der Waals surface area contributed by atoms with Crippen LogP contribution in [-0.2, 0) is 28.8 Å². The zero-order valence-electron chi connectivity index (χ0n) is 25.6. The number of guanidine groups is 1. The number of nitrogens with two attached hydrogens (primary N) is 1. The monoisotopic (exact) mass is 599 g/mol. The van der Waals surface area contributed by atoms with Crippen LogP contribution in [0.5, 0.6) is 0 Å². The van der Waals surface area contributed by atoms with Crippen LogP contribution in [-0.4, -0.2) is 65.9 Å². The van der Waals surface area contributed by atoms with Crippen molar-refractivity contribution in [3.63, 3.8) is 0 Å². The molecule has 5 amide bonds. The van der Waals surface area contributed by atoms with Crippen molar-refractivity contribution in [3.05, 3.63) is 35.9 Å². The normalized spacial score (nSPS) is 24.3. The fraction of sp³-hybridized carbons (Fsp3) is 0.567. The van der Waals surface area contributed by atoms with Crippen LogP contribution in [0.2, 0.25) is 0 Å². The van der Waals surface area contributed by atoms with Crippen molar-refractivity contribution in [1.82, 2.24) is 26.6 Å². The summed E-state index contributed by atoms with van der Waals surface area (Å²) in [6.07, 6.45) is 0.667. The molecule has 2 rings (SSSR count). The highest BCUT2D eigenvalue weighted by Crippen LogP contribution is 2.22. The van der Waals surface area contributed by atoms with Gasteiger partial charge in [-0.1, -0.05) is 51.1 Å². The lowest BCUT2D eigenvalue weighted by Crippen LogP contribution is -2.57. The van der Waals surface area contributed by atoms with E-state index in [9.17, 15) is 28.8 Å². The molecule has 0 saturated carbocycles. The molecule has 4 atom stereocenters. The molecule has 1 saturated heterocycles. The minimum absolute atomic E-state index is 0.0316. The van der Waals surface area contributed by atoms with Crippen LogP contribution in [0.3, 0.4) is 0 Å². The lowest BCUT2D eigenvalue weighted by molar-refractivity contribution is -0.137. The standard InChI is InChI=1S/C30H45N7O6/c1-6-22-27(42)36-24(20-11-8-7-9-12-20)28(43)32-16-14-30(5,37-25(40)18(2)3)23(39)17-21(26(41)35-22)13-10-15-33-29(31)34-19(4)38/h7-9,11-12,18,21-22,24H,6,10,13-17H2,1-5H3,(H,32,43)(H,35,41)(H,36,42)(H,37,40)(H3,31,33,34,38)/t21-,22+,24-,30-/m1/s1. The van der Waals surface area contributed by atoms with Gasteiger partial charge in [0.1, 0.15) is 12.1 Å². The van der Waals surface area contributed by atoms with Gasteiger partial charge in [0, 0.05) is 38.3 Å². The zero-order chi connectivity index (χ0) is 32.2. The minimum atomic E-state index is -1.37. The van der Waals surface area contributed by atoms with Gasteiger partial charge in [-0.05, 0) is 38.2 Å². The predicted molar refractivity (Wildman–Crippen MR) is 161 cm³/mol. The van der Waals surface area contributed by atoms with E-state index in [0.29, 0.717) is 12.0 Å². The Morgan fingerprint density at radius 1 is 1.07 bits per heavy atom. The molecule has 1 aromatic carbocycles. The van der Waals surface area contributed by atoms with Crippen molar-refractivity contribution in [3.8, 4) is 0 Å². The summed E-state index contributed by atoms with van der Waals surface area (Å²) in [5.74, 6) is -3.92. The first-order chi connectivity index (χ1) is 20.3. The van der Waals surface area contributed by atoms with E-state index in [0.717, 1.165) is 0 Å². The molecule has 0 spiro atoms. The second-order valence-corrected chi connectivity index (χ2v) is 11.3. The van der Waals surface area contributed by atoms with E-state index in [1.165, 1.54) is 6.92 Å². The number of amides is 5. The molecule has 0 unspecified atom stereocenters. The van der Waals surface area contributed by atoms with Gasteiger partial charge < -0.3 is 27.0 Å². The van der Waals surface area contributed by atoms with Gasteiger partial charge in [0.2, 0.25) is 29.5 Å². The van der Waals surface area contributed by atoms with E-state index in [1.807, 2.05) is 0 Å². The molecule has 0 aliphatic carbocycles. The highest BCUT2D eigenvalue weighted by Gasteiger charge is 2.38. The summed E-state index contributed by atoms with van der Waals surface area (Å²) in [5.41, 5.74) is 4.85. The lowest BCUT2D eigenvalue weighted by atomic mass is 9.84.